The average Bonchev–Trinajstić information content (AvgIpc) is 3.21. The smallest absolute Gasteiger partial charge is 0.407 e. The van der Waals surface area contributed by atoms with E-state index in [4.69, 9.17) is 9.47 Å². The number of aromatic nitrogens is 1. The van der Waals surface area contributed by atoms with E-state index < -0.39 is 17.7 Å². The molecular formula is C26H31N3O5. The van der Waals surface area contributed by atoms with Crippen LogP contribution in [0.5, 0.6) is 0 Å². The van der Waals surface area contributed by atoms with Crippen LogP contribution in [0.4, 0.5) is 4.79 Å². The summed E-state index contributed by atoms with van der Waals surface area (Å²) in [6.07, 6.45) is -0.493. The molecule has 1 heterocycles. The van der Waals surface area contributed by atoms with Gasteiger partial charge in [0.25, 0.3) is 5.91 Å². The molecule has 0 aliphatic rings. The van der Waals surface area contributed by atoms with Crippen LogP contribution in [0.2, 0.25) is 0 Å². The number of nitrogens with one attached hydrogen (secondary N) is 3. The molecular weight excluding hydrogens is 434 g/mol. The van der Waals surface area contributed by atoms with E-state index in [0.717, 1.165) is 22.0 Å². The van der Waals surface area contributed by atoms with Gasteiger partial charge >= 0.3 is 12.1 Å². The molecule has 0 bridgehead atoms. The van der Waals surface area contributed by atoms with Crippen LogP contribution in [-0.2, 0) is 16.0 Å². The lowest BCUT2D eigenvalue weighted by Gasteiger charge is -2.19. The Morgan fingerprint density at radius 3 is 2.41 bits per heavy atom. The van der Waals surface area contributed by atoms with Crippen molar-refractivity contribution in [2.75, 3.05) is 6.61 Å². The molecule has 0 fully saturated rings. The molecule has 3 N–H and O–H groups in total. The zero-order valence-corrected chi connectivity index (χ0v) is 20.2. The maximum atomic E-state index is 12.8. The van der Waals surface area contributed by atoms with Gasteiger partial charge in [-0.05, 0) is 63.9 Å². The molecule has 3 rings (SSSR count). The van der Waals surface area contributed by atoms with Gasteiger partial charge < -0.3 is 25.1 Å². The van der Waals surface area contributed by atoms with Crippen molar-refractivity contribution in [2.45, 2.75) is 52.8 Å². The van der Waals surface area contributed by atoms with E-state index in [0.29, 0.717) is 24.4 Å². The zero-order valence-electron chi connectivity index (χ0n) is 20.2. The Morgan fingerprint density at radius 2 is 1.76 bits per heavy atom. The highest BCUT2D eigenvalue weighted by molar-refractivity contribution is 5.97. The summed E-state index contributed by atoms with van der Waals surface area (Å²) in [5, 5.41) is 6.56. The number of amides is 2. The number of carbonyl (C=O) groups excluding carboxylic acids is 3. The molecule has 1 aromatic heterocycles. The number of fused-ring (bicyclic) bond motifs is 1. The normalized spacial score (nSPS) is 12.1. The molecule has 0 saturated heterocycles. The highest BCUT2D eigenvalue weighted by Crippen LogP contribution is 2.25. The molecule has 0 saturated carbocycles. The second kappa shape index (κ2) is 10.4. The number of hydrogen-bond acceptors (Lipinski definition) is 5. The maximum absolute atomic E-state index is 12.8. The van der Waals surface area contributed by atoms with Crippen molar-refractivity contribution in [3.63, 3.8) is 0 Å². The average molecular weight is 466 g/mol. The Balaban J connectivity index is 1.65. The van der Waals surface area contributed by atoms with Gasteiger partial charge in [-0.3, -0.25) is 4.79 Å². The molecule has 3 aromatic rings. The lowest BCUT2D eigenvalue weighted by Crippen LogP contribution is -2.32. The Kier molecular flexibility index (Phi) is 7.61. The predicted octanol–water partition coefficient (Wildman–Crippen LogP) is 4.86. The summed E-state index contributed by atoms with van der Waals surface area (Å²) < 4.78 is 10.3. The number of hydrogen-bond donors (Lipinski definition) is 3. The molecule has 2 amide bonds. The number of alkyl carbamates (subject to hydrolysis) is 1. The van der Waals surface area contributed by atoms with Crippen molar-refractivity contribution in [1.29, 1.82) is 0 Å². The van der Waals surface area contributed by atoms with Gasteiger partial charge in [-0.1, -0.05) is 30.3 Å². The van der Waals surface area contributed by atoms with Crippen molar-refractivity contribution in [2.24, 2.45) is 0 Å². The Labute approximate surface area is 199 Å². The standard InChI is InChI=1S/C26H31N3O5/c1-6-33-24(31)21-14-19-8-7-9-20(22(19)29-21)16(2)28-23(30)18-12-10-17(11-13-18)15-27-25(32)34-26(3,4)5/h7-14,16,29H,6,15H2,1-5H3,(H,27,32)(H,28,30). The fourth-order valence-corrected chi connectivity index (χ4v) is 3.48. The van der Waals surface area contributed by atoms with Crippen LogP contribution >= 0.6 is 0 Å². The van der Waals surface area contributed by atoms with Crippen LogP contribution in [0, 0.1) is 0 Å². The van der Waals surface area contributed by atoms with Crippen LogP contribution in [0.3, 0.4) is 0 Å². The Hall–Kier alpha value is -3.81. The third kappa shape index (κ3) is 6.37. The quantitative estimate of drug-likeness (QED) is 0.432. The van der Waals surface area contributed by atoms with E-state index in [2.05, 4.69) is 15.6 Å². The highest BCUT2D eigenvalue weighted by atomic mass is 16.6. The SMILES string of the molecule is CCOC(=O)c1cc2cccc(C(C)NC(=O)c3ccc(CNC(=O)OC(C)(C)C)cc3)c2[nH]1. The summed E-state index contributed by atoms with van der Waals surface area (Å²) in [5.74, 6) is -0.643. The van der Waals surface area contributed by atoms with Crippen LogP contribution < -0.4 is 10.6 Å². The molecule has 0 radical (unpaired) electrons. The van der Waals surface area contributed by atoms with E-state index in [1.54, 1.807) is 58.0 Å². The maximum Gasteiger partial charge on any atom is 0.407 e. The monoisotopic (exact) mass is 465 g/mol. The van der Waals surface area contributed by atoms with Gasteiger partial charge in [0.15, 0.2) is 0 Å². The largest absolute Gasteiger partial charge is 0.461 e. The van der Waals surface area contributed by atoms with E-state index >= 15 is 0 Å². The Bertz CT molecular complexity index is 1180. The molecule has 8 nitrogen and oxygen atoms in total. The van der Waals surface area contributed by atoms with Crippen molar-refractivity contribution in [3.05, 3.63) is 70.9 Å². The van der Waals surface area contributed by atoms with Gasteiger partial charge in [-0.25, -0.2) is 9.59 Å². The van der Waals surface area contributed by atoms with Crippen molar-refractivity contribution < 1.29 is 23.9 Å². The minimum Gasteiger partial charge on any atom is -0.461 e. The van der Waals surface area contributed by atoms with E-state index in [1.165, 1.54) is 0 Å². The summed E-state index contributed by atoms with van der Waals surface area (Å²) in [6.45, 7) is 9.64. The first kappa shape index (κ1) is 24.8. The second-order valence-corrected chi connectivity index (χ2v) is 8.96. The van der Waals surface area contributed by atoms with Crippen molar-refractivity contribution >= 4 is 28.9 Å². The highest BCUT2D eigenvalue weighted by Gasteiger charge is 2.18. The number of rotatable bonds is 7. The topological polar surface area (TPSA) is 110 Å². The van der Waals surface area contributed by atoms with E-state index in [1.807, 2.05) is 25.1 Å². The second-order valence-electron chi connectivity index (χ2n) is 8.96. The van der Waals surface area contributed by atoms with Crippen LogP contribution in [-0.4, -0.2) is 35.2 Å². The molecule has 0 aliphatic heterocycles. The minimum atomic E-state index is -0.562. The first-order valence-corrected chi connectivity index (χ1v) is 11.2. The minimum absolute atomic E-state index is 0.228. The van der Waals surface area contributed by atoms with Crippen molar-refractivity contribution in [1.82, 2.24) is 15.6 Å². The number of H-pyrrole nitrogens is 1. The number of para-hydroxylation sites is 1. The summed E-state index contributed by atoms with van der Waals surface area (Å²) >= 11 is 0. The van der Waals surface area contributed by atoms with Gasteiger partial charge in [0.1, 0.15) is 11.3 Å². The summed E-state index contributed by atoms with van der Waals surface area (Å²) in [6, 6.07) is 14.1. The summed E-state index contributed by atoms with van der Waals surface area (Å²) in [4.78, 5) is 39.8. The summed E-state index contributed by atoms with van der Waals surface area (Å²) in [5.41, 5.74) is 2.80. The molecule has 34 heavy (non-hydrogen) atoms. The lowest BCUT2D eigenvalue weighted by molar-refractivity contribution is 0.0511. The number of ether oxygens (including phenoxy) is 2. The molecule has 2 aromatic carbocycles. The molecule has 180 valence electrons. The zero-order chi connectivity index (χ0) is 24.9. The molecule has 8 heteroatoms. The third-order valence-electron chi connectivity index (χ3n) is 5.05. The van der Waals surface area contributed by atoms with Crippen LogP contribution in [0.15, 0.2) is 48.5 Å². The van der Waals surface area contributed by atoms with Crippen LogP contribution in [0.25, 0.3) is 10.9 Å². The first-order chi connectivity index (χ1) is 16.1. The van der Waals surface area contributed by atoms with E-state index in [-0.39, 0.29) is 11.9 Å². The third-order valence-corrected chi connectivity index (χ3v) is 5.05. The predicted molar refractivity (Wildman–Crippen MR) is 130 cm³/mol. The van der Waals surface area contributed by atoms with Gasteiger partial charge in [0, 0.05) is 17.5 Å². The van der Waals surface area contributed by atoms with E-state index in [9.17, 15) is 14.4 Å². The van der Waals surface area contributed by atoms with Gasteiger partial charge in [-0.15, -0.1) is 0 Å². The first-order valence-electron chi connectivity index (χ1n) is 11.2. The molecule has 0 aliphatic carbocycles. The molecule has 1 unspecified atom stereocenters. The molecule has 0 spiro atoms. The Morgan fingerprint density at radius 1 is 1.06 bits per heavy atom. The van der Waals surface area contributed by atoms with Gasteiger partial charge in [0.05, 0.1) is 18.2 Å². The fraction of sp³-hybridized carbons (Fsp3) is 0.346. The number of carbonyl (C=O) groups is 3. The number of esters is 1. The summed E-state index contributed by atoms with van der Waals surface area (Å²) in [7, 11) is 0. The fourth-order valence-electron chi connectivity index (χ4n) is 3.48. The number of benzene rings is 2. The van der Waals surface area contributed by atoms with Gasteiger partial charge in [-0.2, -0.15) is 0 Å². The molecule has 1 atom stereocenters. The lowest BCUT2D eigenvalue weighted by atomic mass is 10.0. The van der Waals surface area contributed by atoms with Crippen molar-refractivity contribution in [3.8, 4) is 0 Å². The van der Waals surface area contributed by atoms with Gasteiger partial charge in [0.2, 0.25) is 0 Å². The van der Waals surface area contributed by atoms with Crippen LogP contribution in [0.1, 0.15) is 72.6 Å². The number of aromatic amines is 1.